The van der Waals surface area contributed by atoms with Crippen LogP contribution in [0, 0.1) is 0 Å². The molecule has 4 heteroatoms. The molecule has 1 amide bonds. The van der Waals surface area contributed by atoms with E-state index in [2.05, 4.69) is 52.7 Å². The summed E-state index contributed by atoms with van der Waals surface area (Å²) >= 11 is 1.81. The summed E-state index contributed by atoms with van der Waals surface area (Å²) in [5.41, 5.74) is 1.35. The third-order valence-corrected chi connectivity index (χ3v) is 5.55. The topological polar surface area (TPSA) is 23.6 Å². The standard InChI is InChI=1S/C20H26N2OS/c23-20(11-5-4-9-19-10-6-16-24-19)22-14-12-21(13-15-22)17-18-7-2-1-3-8-18/h1-3,6-8,10,16H,4-5,9,11-15,17H2. The number of aryl methyl sites for hydroxylation is 1. The van der Waals surface area contributed by atoms with Crippen molar-refractivity contribution in [2.24, 2.45) is 0 Å². The van der Waals surface area contributed by atoms with Crippen LogP contribution >= 0.6 is 11.3 Å². The van der Waals surface area contributed by atoms with Crippen LogP contribution in [0.5, 0.6) is 0 Å². The summed E-state index contributed by atoms with van der Waals surface area (Å²) in [7, 11) is 0. The summed E-state index contributed by atoms with van der Waals surface area (Å²) in [5.74, 6) is 0.334. The largest absolute Gasteiger partial charge is 0.340 e. The van der Waals surface area contributed by atoms with Gasteiger partial charge < -0.3 is 4.90 Å². The Morgan fingerprint density at radius 3 is 2.46 bits per heavy atom. The maximum absolute atomic E-state index is 12.3. The molecule has 1 aliphatic heterocycles. The summed E-state index contributed by atoms with van der Waals surface area (Å²) in [6.45, 7) is 4.70. The number of hydrogen-bond acceptors (Lipinski definition) is 3. The van der Waals surface area contributed by atoms with Gasteiger partial charge in [-0.05, 0) is 36.3 Å². The average molecular weight is 343 g/mol. The van der Waals surface area contributed by atoms with Crippen LogP contribution in [0.1, 0.15) is 29.7 Å². The van der Waals surface area contributed by atoms with Crippen LogP contribution in [-0.4, -0.2) is 41.9 Å². The summed E-state index contributed by atoms with van der Waals surface area (Å²) < 4.78 is 0. The summed E-state index contributed by atoms with van der Waals surface area (Å²) in [5, 5.41) is 2.12. The molecule has 0 radical (unpaired) electrons. The zero-order valence-electron chi connectivity index (χ0n) is 14.2. The summed E-state index contributed by atoms with van der Waals surface area (Å²) in [6.07, 6.45) is 3.92. The van der Waals surface area contributed by atoms with Crippen molar-refractivity contribution in [1.82, 2.24) is 9.80 Å². The first-order valence-electron chi connectivity index (χ1n) is 8.88. The third-order valence-electron chi connectivity index (χ3n) is 4.62. The van der Waals surface area contributed by atoms with Crippen LogP contribution in [-0.2, 0) is 17.8 Å². The van der Waals surface area contributed by atoms with Crippen molar-refractivity contribution in [3.63, 3.8) is 0 Å². The molecule has 24 heavy (non-hydrogen) atoms. The molecule has 0 spiro atoms. The third kappa shape index (κ3) is 5.18. The number of carbonyl (C=O) groups is 1. The maximum atomic E-state index is 12.3. The minimum absolute atomic E-state index is 0.334. The Hall–Kier alpha value is -1.65. The lowest BCUT2D eigenvalue weighted by atomic mass is 10.1. The molecule has 0 atom stereocenters. The van der Waals surface area contributed by atoms with Crippen LogP contribution in [0.3, 0.4) is 0 Å². The molecule has 2 heterocycles. The monoisotopic (exact) mass is 342 g/mol. The SMILES string of the molecule is O=C(CCCCc1cccs1)N1CCN(Cc2ccccc2)CC1. The van der Waals surface area contributed by atoms with Crippen LogP contribution in [0.4, 0.5) is 0 Å². The van der Waals surface area contributed by atoms with Crippen LogP contribution < -0.4 is 0 Å². The number of carbonyl (C=O) groups excluding carboxylic acids is 1. The number of nitrogens with zero attached hydrogens (tertiary/aromatic N) is 2. The molecule has 2 aromatic rings. The van der Waals surface area contributed by atoms with E-state index >= 15 is 0 Å². The lowest BCUT2D eigenvalue weighted by Gasteiger charge is -2.34. The number of rotatable bonds is 7. The Bertz CT molecular complexity index is 604. The molecule has 128 valence electrons. The highest BCUT2D eigenvalue weighted by Crippen LogP contribution is 2.14. The van der Waals surface area contributed by atoms with Crippen LogP contribution in [0.15, 0.2) is 47.8 Å². The zero-order valence-corrected chi connectivity index (χ0v) is 15.0. The Morgan fingerprint density at radius 1 is 0.958 bits per heavy atom. The molecule has 1 aromatic carbocycles. The van der Waals surface area contributed by atoms with Gasteiger partial charge in [0.2, 0.25) is 5.91 Å². The molecule has 3 rings (SSSR count). The van der Waals surface area contributed by atoms with E-state index in [1.807, 2.05) is 16.2 Å². The van der Waals surface area contributed by atoms with Crippen molar-refractivity contribution < 1.29 is 4.79 Å². The number of amides is 1. The van der Waals surface area contributed by atoms with Crippen molar-refractivity contribution in [3.8, 4) is 0 Å². The quantitative estimate of drug-likeness (QED) is 0.715. The molecule has 0 saturated carbocycles. The summed E-state index contributed by atoms with van der Waals surface area (Å²) in [6, 6.07) is 14.9. The lowest BCUT2D eigenvalue weighted by Crippen LogP contribution is -2.48. The number of hydrogen-bond donors (Lipinski definition) is 0. The Morgan fingerprint density at radius 2 is 1.75 bits per heavy atom. The van der Waals surface area contributed by atoms with E-state index < -0.39 is 0 Å². The van der Waals surface area contributed by atoms with E-state index in [0.29, 0.717) is 12.3 Å². The van der Waals surface area contributed by atoms with Crippen LogP contribution in [0.25, 0.3) is 0 Å². The Balaban J connectivity index is 1.33. The van der Waals surface area contributed by atoms with E-state index in [1.54, 1.807) is 0 Å². The van der Waals surface area contributed by atoms with Gasteiger partial charge in [0.15, 0.2) is 0 Å². The van der Waals surface area contributed by atoms with E-state index in [9.17, 15) is 4.79 Å². The fourth-order valence-electron chi connectivity index (χ4n) is 3.19. The van der Waals surface area contributed by atoms with Gasteiger partial charge in [-0.2, -0.15) is 0 Å². The minimum atomic E-state index is 0.334. The second-order valence-electron chi connectivity index (χ2n) is 6.43. The van der Waals surface area contributed by atoms with Crippen LogP contribution in [0.2, 0.25) is 0 Å². The molecule has 0 bridgehead atoms. The Labute approximate surface area is 148 Å². The predicted octanol–water partition coefficient (Wildman–Crippen LogP) is 3.81. The van der Waals surface area contributed by atoms with Crippen molar-refractivity contribution in [3.05, 3.63) is 58.3 Å². The lowest BCUT2D eigenvalue weighted by molar-refractivity contribution is -0.133. The van der Waals surface area contributed by atoms with Gasteiger partial charge in [-0.1, -0.05) is 36.4 Å². The van der Waals surface area contributed by atoms with Gasteiger partial charge in [-0.15, -0.1) is 11.3 Å². The molecule has 0 N–H and O–H groups in total. The fourth-order valence-corrected chi connectivity index (χ4v) is 3.94. The second-order valence-corrected chi connectivity index (χ2v) is 7.46. The van der Waals surface area contributed by atoms with E-state index in [1.165, 1.54) is 10.4 Å². The van der Waals surface area contributed by atoms with Gasteiger partial charge in [0.05, 0.1) is 0 Å². The van der Waals surface area contributed by atoms with Gasteiger partial charge in [0.1, 0.15) is 0 Å². The first-order valence-corrected chi connectivity index (χ1v) is 9.76. The number of benzene rings is 1. The average Bonchev–Trinajstić information content (AvgIpc) is 3.13. The molecule has 1 fully saturated rings. The maximum Gasteiger partial charge on any atom is 0.222 e. The van der Waals surface area contributed by atoms with Crippen molar-refractivity contribution in [2.75, 3.05) is 26.2 Å². The number of unbranched alkanes of at least 4 members (excludes halogenated alkanes) is 1. The number of thiophene rings is 1. The smallest absolute Gasteiger partial charge is 0.222 e. The highest BCUT2D eigenvalue weighted by Gasteiger charge is 2.20. The molecule has 1 aliphatic rings. The normalized spacial score (nSPS) is 15.6. The van der Waals surface area contributed by atoms with E-state index in [0.717, 1.165) is 52.0 Å². The second kappa shape index (κ2) is 9.00. The van der Waals surface area contributed by atoms with Crippen molar-refractivity contribution in [1.29, 1.82) is 0 Å². The highest BCUT2D eigenvalue weighted by atomic mass is 32.1. The fraction of sp³-hybridized carbons (Fsp3) is 0.450. The highest BCUT2D eigenvalue weighted by molar-refractivity contribution is 7.09. The van der Waals surface area contributed by atoms with Crippen molar-refractivity contribution in [2.45, 2.75) is 32.2 Å². The van der Waals surface area contributed by atoms with Crippen molar-refractivity contribution >= 4 is 17.2 Å². The first-order chi connectivity index (χ1) is 11.8. The van der Waals surface area contributed by atoms with Gasteiger partial charge in [0.25, 0.3) is 0 Å². The molecular weight excluding hydrogens is 316 g/mol. The molecule has 0 aliphatic carbocycles. The van der Waals surface area contributed by atoms with Gasteiger partial charge in [-0.3, -0.25) is 9.69 Å². The van der Waals surface area contributed by atoms with E-state index in [4.69, 9.17) is 0 Å². The Kier molecular flexibility index (Phi) is 6.44. The molecule has 1 aromatic heterocycles. The van der Waals surface area contributed by atoms with Gasteiger partial charge in [0, 0.05) is 44.0 Å². The van der Waals surface area contributed by atoms with Gasteiger partial charge in [-0.25, -0.2) is 0 Å². The molecular formula is C20H26N2OS. The minimum Gasteiger partial charge on any atom is -0.340 e. The van der Waals surface area contributed by atoms with E-state index in [-0.39, 0.29) is 0 Å². The van der Waals surface area contributed by atoms with Gasteiger partial charge >= 0.3 is 0 Å². The number of piperazine rings is 1. The molecule has 0 unspecified atom stereocenters. The zero-order chi connectivity index (χ0) is 16.6. The molecule has 1 saturated heterocycles. The first kappa shape index (κ1) is 17.2. The predicted molar refractivity (Wildman–Crippen MR) is 100 cm³/mol. The summed E-state index contributed by atoms with van der Waals surface area (Å²) in [4.78, 5) is 18.3. The molecule has 3 nitrogen and oxygen atoms in total.